The van der Waals surface area contributed by atoms with Crippen molar-refractivity contribution in [3.63, 3.8) is 0 Å². The van der Waals surface area contributed by atoms with E-state index in [-0.39, 0.29) is 11.7 Å². The number of anilines is 1. The molecule has 110 valence electrons. The molecule has 0 aromatic heterocycles. The number of benzene rings is 2. The molecule has 0 saturated heterocycles. The van der Waals surface area contributed by atoms with E-state index in [9.17, 15) is 9.18 Å². The van der Waals surface area contributed by atoms with Gasteiger partial charge in [-0.05, 0) is 42.8 Å². The molecule has 2 aromatic carbocycles. The minimum Gasteiger partial charge on any atom is -0.497 e. The molecule has 0 radical (unpaired) electrons. The van der Waals surface area contributed by atoms with E-state index in [2.05, 4.69) is 5.32 Å². The SMILES string of the molecule is COc1ccc(NC(=O)c2ccc(F)c(C)c2)c(OC)c1. The highest BCUT2D eigenvalue weighted by molar-refractivity contribution is 6.05. The van der Waals surface area contributed by atoms with Crippen molar-refractivity contribution in [2.24, 2.45) is 0 Å². The Bertz CT molecular complexity index is 671. The normalized spacial score (nSPS) is 10.1. The lowest BCUT2D eigenvalue weighted by molar-refractivity contribution is 0.102. The molecule has 0 unspecified atom stereocenters. The summed E-state index contributed by atoms with van der Waals surface area (Å²) in [5.74, 6) is 0.444. The Kier molecular flexibility index (Phi) is 4.42. The van der Waals surface area contributed by atoms with Crippen LogP contribution < -0.4 is 14.8 Å². The van der Waals surface area contributed by atoms with Gasteiger partial charge in [0, 0.05) is 11.6 Å². The maximum atomic E-state index is 13.2. The Morgan fingerprint density at radius 2 is 1.86 bits per heavy atom. The van der Waals surface area contributed by atoms with E-state index in [4.69, 9.17) is 9.47 Å². The number of hydrogen-bond acceptors (Lipinski definition) is 3. The summed E-state index contributed by atoms with van der Waals surface area (Å²) in [4.78, 5) is 12.2. The number of amides is 1. The van der Waals surface area contributed by atoms with E-state index in [0.717, 1.165) is 0 Å². The van der Waals surface area contributed by atoms with Crippen LogP contribution in [0.5, 0.6) is 11.5 Å². The first kappa shape index (κ1) is 14.8. The topological polar surface area (TPSA) is 47.6 Å². The molecule has 0 aliphatic heterocycles. The van der Waals surface area contributed by atoms with Crippen LogP contribution in [0.25, 0.3) is 0 Å². The van der Waals surface area contributed by atoms with Crippen LogP contribution >= 0.6 is 0 Å². The zero-order valence-corrected chi connectivity index (χ0v) is 12.1. The van der Waals surface area contributed by atoms with Gasteiger partial charge in [0.2, 0.25) is 0 Å². The van der Waals surface area contributed by atoms with E-state index in [1.807, 2.05) is 0 Å². The summed E-state index contributed by atoms with van der Waals surface area (Å²) >= 11 is 0. The van der Waals surface area contributed by atoms with Crippen LogP contribution in [0.4, 0.5) is 10.1 Å². The second-order valence-electron chi connectivity index (χ2n) is 4.48. The number of ether oxygens (including phenoxy) is 2. The van der Waals surface area contributed by atoms with Gasteiger partial charge in [-0.1, -0.05) is 0 Å². The summed E-state index contributed by atoms with van der Waals surface area (Å²) < 4.78 is 23.5. The Hall–Kier alpha value is -2.56. The van der Waals surface area contributed by atoms with Crippen LogP contribution in [0.2, 0.25) is 0 Å². The number of carbonyl (C=O) groups is 1. The Morgan fingerprint density at radius 3 is 2.48 bits per heavy atom. The summed E-state index contributed by atoms with van der Waals surface area (Å²) in [6.45, 7) is 1.61. The van der Waals surface area contributed by atoms with Crippen molar-refractivity contribution in [1.82, 2.24) is 0 Å². The van der Waals surface area contributed by atoms with E-state index >= 15 is 0 Å². The van der Waals surface area contributed by atoms with Crippen LogP contribution in [0.3, 0.4) is 0 Å². The molecule has 0 fully saturated rings. The molecule has 21 heavy (non-hydrogen) atoms. The van der Waals surface area contributed by atoms with Gasteiger partial charge in [0.1, 0.15) is 17.3 Å². The fourth-order valence-corrected chi connectivity index (χ4v) is 1.88. The minimum absolute atomic E-state index is 0.332. The predicted molar refractivity (Wildman–Crippen MR) is 78.6 cm³/mol. The van der Waals surface area contributed by atoms with Gasteiger partial charge in [-0.3, -0.25) is 4.79 Å². The van der Waals surface area contributed by atoms with Crippen LogP contribution in [0, 0.1) is 12.7 Å². The molecule has 0 bridgehead atoms. The molecule has 2 rings (SSSR count). The Morgan fingerprint density at radius 1 is 1.10 bits per heavy atom. The molecule has 0 aliphatic rings. The number of aryl methyl sites for hydroxylation is 1. The molecule has 0 atom stereocenters. The van der Waals surface area contributed by atoms with Crippen molar-refractivity contribution in [2.75, 3.05) is 19.5 Å². The lowest BCUT2D eigenvalue weighted by atomic mass is 10.1. The molecule has 4 nitrogen and oxygen atoms in total. The third-order valence-corrected chi connectivity index (χ3v) is 3.08. The molecule has 1 N–H and O–H groups in total. The van der Waals surface area contributed by atoms with Gasteiger partial charge in [0.25, 0.3) is 5.91 Å². The minimum atomic E-state index is -0.339. The number of carbonyl (C=O) groups excluding carboxylic acids is 1. The Labute approximate surface area is 122 Å². The highest BCUT2D eigenvalue weighted by Gasteiger charge is 2.11. The average Bonchev–Trinajstić information content (AvgIpc) is 2.50. The Balaban J connectivity index is 2.24. The first-order valence-electron chi connectivity index (χ1n) is 6.34. The standard InChI is InChI=1S/C16H16FNO3/c1-10-8-11(4-6-13(10)17)16(19)18-14-7-5-12(20-2)9-15(14)21-3/h4-9H,1-3H3,(H,18,19). The maximum absolute atomic E-state index is 13.2. The van der Waals surface area contributed by atoms with Crippen molar-refractivity contribution in [2.45, 2.75) is 6.92 Å². The van der Waals surface area contributed by atoms with Crippen LogP contribution in [-0.4, -0.2) is 20.1 Å². The van der Waals surface area contributed by atoms with Crippen LogP contribution in [0.1, 0.15) is 15.9 Å². The van der Waals surface area contributed by atoms with Crippen molar-refractivity contribution < 1.29 is 18.7 Å². The summed E-state index contributed by atoms with van der Waals surface area (Å²) in [7, 11) is 3.06. The van der Waals surface area contributed by atoms with E-state index in [1.54, 1.807) is 32.2 Å². The van der Waals surface area contributed by atoms with Gasteiger partial charge in [0.15, 0.2) is 0 Å². The van der Waals surface area contributed by atoms with Gasteiger partial charge >= 0.3 is 0 Å². The predicted octanol–water partition coefficient (Wildman–Crippen LogP) is 3.40. The fraction of sp³-hybridized carbons (Fsp3) is 0.188. The van der Waals surface area contributed by atoms with Gasteiger partial charge in [-0.2, -0.15) is 0 Å². The molecule has 0 saturated carbocycles. The summed E-state index contributed by atoms with van der Waals surface area (Å²) in [5.41, 5.74) is 1.32. The van der Waals surface area contributed by atoms with Crippen LogP contribution in [-0.2, 0) is 0 Å². The number of rotatable bonds is 4. The molecular formula is C16H16FNO3. The molecule has 5 heteroatoms. The average molecular weight is 289 g/mol. The number of halogens is 1. The van der Waals surface area contributed by atoms with Crippen molar-refractivity contribution in [3.8, 4) is 11.5 Å². The number of nitrogens with one attached hydrogen (secondary N) is 1. The third kappa shape index (κ3) is 3.31. The third-order valence-electron chi connectivity index (χ3n) is 3.08. The second-order valence-corrected chi connectivity index (χ2v) is 4.48. The smallest absolute Gasteiger partial charge is 0.255 e. The van der Waals surface area contributed by atoms with Crippen molar-refractivity contribution in [3.05, 3.63) is 53.3 Å². The highest BCUT2D eigenvalue weighted by Crippen LogP contribution is 2.29. The fourth-order valence-electron chi connectivity index (χ4n) is 1.88. The van der Waals surface area contributed by atoms with Gasteiger partial charge < -0.3 is 14.8 Å². The monoisotopic (exact) mass is 289 g/mol. The zero-order chi connectivity index (χ0) is 15.4. The quantitative estimate of drug-likeness (QED) is 0.938. The van der Waals surface area contributed by atoms with E-state index < -0.39 is 0 Å². The first-order chi connectivity index (χ1) is 10.0. The summed E-state index contributed by atoms with van der Waals surface area (Å²) in [6, 6.07) is 9.29. The van der Waals surface area contributed by atoms with Gasteiger partial charge in [0.05, 0.1) is 19.9 Å². The summed E-state index contributed by atoms with van der Waals surface area (Å²) in [6.07, 6.45) is 0. The van der Waals surface area contributed by atoms with E-state index in [1.165, 1.54) is 25.3 Å². The van der Waals surface area contributed by atoms with Crippen molar-refractivity contribution in [1.29, 1.82) is 0 Å². The first-order valence-corrected chi connectivity index (χ1v) is 6.34. The molecule has 0 heterocycles. The molecule has 0 spiro atoms. The zero-order valence-electron chi connectivity index (χ0n) is 12.1. The second kappa shape index (κ2) is 6.26. The molecule has 0 aliphatic carbocycles. The van der Waals surface area contributed by atoms with E-state index in [0.29, 0.717) is 28.3 Å². The van der Waals surface area contributed by atoms with Crippen molar-refractivity contribution >= 4 is 11.6 Å². The summed E-state index contributed by atoms with van der Waals surface area (Å²) in [5, 5.41) is 2.73. The molecular weight excluding hydrogens is 273 g/mol. The lowest BCUT2D eigenvalue weighted by Gasteiger charge is -2.12. The number of methoxy groups -OCH3 is 2. The maximum Gasteiger partial charge on any atom is 0.255 e. The largest absolute Gasteiger partial charge is 0.497 e. The lowest BCUT2D eigenvalue weighted by Crippen LogP contribution is -2.13. The number of hydrogen-bond donors (Lipinski definition) is 1. The molecule has 1 amide bonds. The van der Waals surface area contributed by atoms with Gasteiger partial charge in [-0.15, -0.1) is 0 Å². The molecule has 2 aromatic rings. The van der Waals surface area contributed by atoms with Crippen LogP contribution in [0.15, 0.2) is 36.4 Å². The highest BCUT2D eigenvalue weighted by atomic mass is 19.1. The van der Waals surface area contributed by atoms with Gasteiger partial charge in [-0.25, -0.2) is 4.39 Å².